The van der Waals surface area contributed by atoms with Crippen LogP contribution in [0.15, 0.2) is 29.2 Å². The van der Waals surface area contributed by atoms with Crippen LogP contribution in [0.5, 0.6) is 0 Å². The van der Waals surface area contributed by atoms with Crippen molar-refractivity contribution in [3.63, 3.8) is 0 Å². The molecule has 19 heavy (non-hydrogen) atoms. The van der Waals surface area contributed by atoms with E-state index in [-0.39, 0.29) is 16.5 Å². The SMILES string of the molecule is CC(=O)OC(C)(C)C.Cc1ccc(S(=O)(=O)O)cc1. The van der Waals surface area contributed by atoms with Gasteiger partial charge in [0, 0.05) is 6.92 Å². The molecule has 0 aliphatic rings. The summed E-state index contributed by atoms with van der Waals surface area (Å²) < 4.78 is 34.4. The number of esters is 1. The molecule has 0 heterocycles. The van der Waals surface area contributed by atoms with Gasteiger partial charge in [-0.1, -0.05) is 17.7 Å². The number of ether oxygens (including phenoxy) is 1. The predicted octanol–water partition coefficient (Wildman–Crippen LogP) is 2.59. The van der Waals surface area contributed by atoms with E-state index in [1.807, 2.05) is 27.7 Å². The molecule has 0 aliphatic heterocycles. The van der Waals surface area contributed by atoms with Crippen LogP contribution in [-0.4, -0.2) is 24.5 Å². The number of hydrogen-bond donors (Lipinski definition) is 1. The summed E-state index contributed by atoms with van der Waals surface area (Å²) >= 11 is 0. The zero-order valence-electron chi connectivity index (χ0n) is 11.8. The third kappa shape index (κ3) is 9.21. The Bertz CT molecular complexity index is 509. The topological polar surface area (TPSA) is 80.7 Å². The minimum absolute atomic E-state index is 0.0666. The maximum atomic E-state index is 10.5. The fourth-order valence-corrected chi connectivity index (χ4v) is 1.62. The molecule has 0 aromatic heterocycles. The molecule has 5 nitrogen and oxygen atoms in total. The zero-order valence-corrected chi connectivity index (χ0v) is 12.6. The monoisotopic (exact) mass is 288 g/mol. The molecular weight excluding hydrogens is 268 g/mol. The molecule has 1 N–H and O–H groups in total. The number of benzene rings is 1. The van der Waals surface area contributed by atoms with Crippen molar-refractivity contribution in [3.05, 3.63) is 29.8 Å². The standard InChI is InChI=1S/C7H8O3S.C6H12O2/c1-6-2-4-7(5-3-6)11(8,9)10;1-5(7)8-6(2,3)4/h2-5H,1H3,(H,8,9,10);1-4H3. The van der Waals surface area contributed by atoms with E-state index in [1.165, 1.54) is 19.1 Å². The fourth-order valence-electron chi connectivity index (χ4n) is 1.14. The molecule has 0 atom stereocenters. The Morgan fingerprint density at radius 3 is 1.79 bits per heavy atom. The zero-order chi connectivity index (χ0) is 15.3. The lowest BCUT2D eigenvalue weighted by Crippen LogP contribution is -2.21. The van der Waals surface area contributed by atoms with Crippen LogP contribution in [0.4, 0.5) is 0 Å². The van der Waals surface area contributed by atoms with Gasteiger partial charge in [0.1, 0.15) is 5.60 Å². The largest absolute Gasteiger partial charge is 0.460 e. The van der Waals surface area contributed by atoms with E-state index in [0.717, 1.165) is 5.56 Å². The van der Waals surface area contributed by atoms with Gasteiger partial charge < -0.3 is 4.74 Å². The van der Waals surface area contributed by atoms with Gasteiger partial charge in [-0.2, -0.15) is 8.42 Å². The lowest BCUT2D eigenvalue weighted by Gasteiger charge is -2.17. The molecule has 0 spiro atoms. The normalized spacial score (nSPS) is 11.3. The molecule has 0 bridgehead atoms. The molecule has 0 saturated carbocycles. The van der Waals surface area contributed by atoms with Gasteiger partial charge in [-0.25, -0.2) is 0 Å². The quantitative estimate of drug-likeness (QED) is 0.634. The second kappa shape index (κ2) is 6.68. The Morgan fingerprint density at radius 2 is 1.58 bits per heavy atom. The van der Waals surface area contributed by atoms with Crippen molar-refractivity contribution in [1.29, 1.82) is 0 Å². The van der Waals surface area contributed by atoms with Crippen LogP contribution in [0, 0.1) is 6.92 Å². The fraction of sp³-hybridized carbons (Fsp3) is 0.462. The van der Waals surface area contributed by atoms with Gasteiger partial charge in [0.2, 0.25) is 0 Å². The van der Waals surface area contributed by atoms with Crippen LogP contribution in [0.3, 0.4) is 0 Å². The van der Waals surface area contributed by atoms with E-state index in [4.69, 9.17) is 9.29 Å². The Labute approximate surface area is 114 Å². The summed E-state index contributed by atoms with van der Waals surface area (Å²) in [5, 5.41) is 0. The average Bonchev–Trinajstić information content (AvgIpc) is 2.13. The summed E-state index contributed by atoms with van der Waals surface area (Å²) in [7, 11) is -4.02. The highest BCUT2D eigenvalue weighted by Crippen LogP contribution is 2.08. The van der Waals surface area contributed by atoms with Gasteiger partial charge in [-0.05, 0) is 39.8 Å². The van der Waals surface area contributed by atoms with E-state index in [1.54, 1.807) is 12.1 Å². The van der Waals surface area contributed by atoms with Crippen LogP contribution >= 0.6 is 0 Å². The van der Waals surface area contributed by atoms with Crippen LogP contribution < -0.4 is 0 Å². The van der Waals surface area contributed by atoms with Crippen LogP contribution in [0.25, 0.3) is 0 Å². The molecule has 108 valence electrons. The first-order chi connectivity index (χ1) is 8.42. The van der Waals surface area contributed by atoms with Gasteiger partial charge in [0.25, 0.3) is 10.1 Å². The Balaban J connectivity index is 0.000000362. The number of carbonyl (C=O) groups is 1. The summed E-state index contributed by atoms with van der Waals surface area (Å²) in [6.45, 7) is 8.77. The van der Waals surface area contributed by atoms with E-state index in [2.05, 4.69) is 0 Å². The highest BCUT2D eigenvalue weighted by atomic mass is 32.2. The number of hydrogen-bond acceptors (Lipinski definition) is 4. The number of rotatable bonds is 1. The Morgan fingerprint density at radius 1 is 1.16 bits per heavy atom. The van der Waals surface area contributed by atoms with Crippen molar-refractivity contribution in [2.24, 2.45) is 0 Å². The molecule has 1 rings (SSSR count). The van der Waals surface area contributed by atoms with Gasteiger partial charge in [0.15, 0.2) is 0 Å². The third-order valence-electron chi connectivity index (χ3n) is 1.77. The second-order valence-corrected chi connectivity index (χ2v) is 6.42. The first-order valence-corrected chi connectivity index (χ1v) is 7.09. The number of aryl methyl sites for hydroxylation is 1. The van der Waals surface area contributed by atoms with Crippen molar-refractivity contribution in [2.75, 3.05) is 0 Å². The van der Waals surface area contributed by atoms with E-state index in [9.17, 15) is 13.2 Å². The van der Waals surface area contributed by atoms with E-state index in [0.29, 0.717) is 0 Å². The molecule has 0 aliphatic carbocycles. The summed E-state index contributed by atoms with van der Waals surface area (Å²) in [6, 6.07) is 5.99. The third-order valence-corrected chi connectivity index (χ3v) is 2.64. The van der Waals surface area contributed by atoms with Crippen molar-refractivity contribution < 1.29 is 22.5 Å². The lowest BCUT2D eigenvalue weighted by molar-refractivity contribution is -0.151. The second-order valence-electron chi connectivity index (χ2n) is 4.99. The van der Waals surface area contributed by atoms with E-state index < -0.39 is 10.1 Å². The van der Waals surface area contributed by atoms with E-state index >= 15 is 0 Å². The van der Waals surface area contributed by atoms with Crippen LogP contribution in [-0.2, 0) is 19.6 Å². The maximum Gasteiger partial charge on any atom is 0.303 e. The van der Waals surface area contributed by atoms with Crippen molar-refractivity contribution in [3.8, 4) is 0 Å². The summed E-state index contributed by atoms with van der Waals surface area (Å²) in [6.07, 6.45) is 0. The van der Waals surface area contributed by atoms with Crippen LogP contribution in [0.2, 0.25) is 0 Å². The van der Waals surface area contributed by atoms with Gasteiger partial charge in [0.05, 0.1) is 4.90 Å². The van der Waals surface area contributed by atoms with Gasteiger partial charge >= 0.3 is 5.97 Å². The molecule has 6 heteroatoms. The predicted molar refractivity (Wildman–Crippen MR) is 72.5 cm³/mol. The highest BCUT2D eigenvalue weighted by molar-refractivity contribution is 7.85. The smallest absolute Gasteiger partial charge is 0.303 e. The molecule has 0 unspecified atom stereocenters. The van der Waals surface area contributed by atoms with Gasteiger partial charge in [-0.15, -0.1) is 0 Å². The summed E-state index contributed by atoms with van der Waals surface area (Å²) in [5.74, 6) is -0.225. The minimum atomic E-state index is -4.02. The first-order valence-electron chi connectivity index (χ1n) is 5.65. The Kier molecular flexibility index (Phi) is 6.18. The van der Waals surface area contributed by atoms with Crippen molar-refractivity contribution in [2.45, 2.75) is 45.1 Å². The molecular formula is C13H20O5S. The molecule has 0 amide bonds. The lowest BCUT2D eigenvalue weighted by atomic mass is 10.2. The molecule has 0 radical (unpaired) electrons. The minimum Gasteiger partial charge on any atom is -0.460 e. The molecule has 1 aromatic carbocycles. The van der Waals surface area contributed by atoms with Crippen LogP contribution in [0.1, 0.15) is 33.3 Å². The highest BCUT2D eigenvalue weighted by Gasteiger charge is 2.11. The van der Waals surface area contributed by atoms with Crippen molar-refractivity contribution in [1.82, 2.24) is 0 Å². The van der Waals surface area contributed by atoms with Gasteiger partial charge in [-0.3, -0.25) is 9.35 Å². The molecule has 0 saturated heterocycles. The Hall–Kier alpha value is -1.40. The molecule has 0 fully saturated rings. The average molecular weight is 288 g/mol. The van der Waals surface area contributed by atoms with Crippen molar-refractivity contribution >= 4 is 16.1 Å². The number of carbonyl (C=O) groups excluding carboxylic acids is 1. The summed E-state index contributed by atoms with van der Waals surface area (Å²) in [5.41, 5.74) is 0.628. The maximum absolute atomic E-state index is 10.5. The first kappa shape index (κ1) is 17.6. The summed E-state index contributed by atoms with van der Waals surface area (Å²) in [4.78, 5) is 10.2. The molecule has 1 aromatic rings.